The molecule has 1 aliphatic carbocycles. The molecule has 0 bridgehead atoms. The van der Waals surface area contributed by atoms with Gasteiger partial charge in [-0.25, -0.2) is 0 Å². The third kappa shape index (κ3) is 4.43. The molecule has 1 fully saturated rings. The molecule has 1 aromatic carbocycles. The Balaban J connectivity index is 1.78. The van der Waals surface area contributed by atoms with Gasteiger partial charge in [-0.3, -0.25) is 0 Å². The van der Waals surface area contributed by atoms with E-state index >= 15 is 0 Å². The summed E-state index contributed by atoms with van der Waals surface area (Å²) in [7, 11) is 0. The molecule has 0 aromatic heterocycles. The number of benzene rings is 1. The SMILES string of the molecule is Cc1ccc(OCC(O)CNC2(CO)CCCC2)c(C)c1. The van der Waals surface area contributed by atoms with Crippen LogP contribution in [0.5, 0.6) is 5.75 Å². The highest BCUT2D eigenvalue weighted by Crippen LogP contribution is 2.29. The summed E-state index contributed by atoms with van der Waals surface area (Å²) in [6.07, 6.45) is 3.67. The Morgan fingerprint density at radius 1 is 1.29 bits per heavy atom. The van der Waals surface area contributed by atoms with Crippen molar-refractivity contribution in [1.82, 2.24) is 5.32 Å². The van der Waals surface area contributed by atoms with Crippen molar-refractivity contribution in [2.75, 3.05) is 19.8 Å². The first kappa shape index (κ1) is 16.3. The van der Waals surface area contributed by atoms with Crippen LogP contribution in [0.15, 0.2) is 18.2 Å². The Bertz CT molecular complexity index is 455. The standard InChI is InChI=1S/C17H27NO3/c1-13-5-6-16(14(2)9-13)21-11-15(20)10-18-17(12-19)7-3-4-8-17/h5-6,9,15,18-20H,3-4,7-8,10-12H2,1-2H3. The zero-order valence-corrected chi connectivity index (χ0v) is 13.1. The smallest absolute Gasteiger partial charge is 0.122 e. The second-order valence-corrected chi connectivity index (χ2v) is 6.26. The summed E-state index contributed by atoms with van der Waals surface area (Å²) in [6.45, 7) is 4.90. The lowest BCUT2D eigenvalue weighted by Crippen LogP contribution is -2.49. The quantitative estimate of drug-likeness (QED) is 0.719. The molecule has 1 atom stereocenters. The van der Waals surface area contributed by atoms with Crippen LogP contribution in [0.3, 0.4) is 0 Å². The van der Waals surface area contributed by atoms with Gasteiger partial charge in [-0.15, -0.1) is 0 Å². The highest BCUT2D eigenvalue weighted by Gasteiger charge is 2.32. The summed E-state index contributed by atoms with van der Waals surface area (Å²) in [5.41, 5.74) is 2.09. The molecule has 0 saturated heterocycles. The molecule has 1 saturated carbocycles. The Labute approximate surface area is 127 Å². The minimum absolute atomic E-state index is 0.137. The summed E-state index contributed by atoms with van der Waals surface area (Å²) >= 11 is 0. The molecule has 0 amide bonds. The zero-order valence-electron chi connectivity index (χ0n) is 13.1. The van der Waals surface area contributed by atoms with E-state index in [9.17, 15) is 10.2 Å². The summed E-state index contributed by atoms with van der Waals surface area (Å²) in [5, 5.41) is 22.9. The molecular weight excluding hydrogens is 266 g/mol. The molecule has 21 heavy (non-hydrogen) atoms. The summed E-state index contributed by atoms with van der Waals surface area (Å²) in [6, 6.07) is 6.02. The lowest BCUT2D eigenvalue weighted by atomic mass is 9.99. The predicted molar refractivity (Wildman–Crippen MR) is 83.7 cm³/mol. The van der Waals surface area contributed by atoms with E-state index in [4.69, 9.17) is 4.74 Å². The van der Waals surface area contributed by atoms with Gasteiger partial charge >= 0.3 is 0 Å². The van der Waals surface area contributed by atoms with Gasteiger partial charge in [-0.2, -0.15) is 0 Å². The van der Waals surface area contributed by atoms with Crippen molar-refractivity contribution in [2.24, 2.45) is 0 Å². The lowest BCUT2D eigenvalue weighted by Gasteiger charge is -2.29. The van der Waals surface area contributed by atoms with Crippen molar-refractivity contribution in [3.05, 3.63) is 29.3 Å². The first-order valence-corrected chi connectivity index (χ1v) is 7.79. The number of ether oxygens (including phenoxy) is 1. The molecule has 1 aromatic rings. The van der Waals surface area contributed by atoms with E-state index in [0.717, 1.165) is 37.0 Å². The highest BCUT2D eigenvalue weighted by molar-refractivity contribution is 5.35. The van der Waals surface area contributed by atoms with Gasteiger partial charge in [0.25, 0.3) is 0 Å². The maximum atomic E-state index is 10.1. The molecule has 0 heterocycles. The normalized spacial score (nSPS) is 18.7. The monoisotopic (exact) mass is 293 g/mol. The Hall–Kier alpha value is -1.10. The van der Waals surface area contributed by atoms with Gasteiger partial charge in [0.05, 0.1) is 6.61 Å². The fraction of sp³-hybridized carbons (Fsp3) is 0.647. The topological polar surface area (TPSA) is 61.7 Å². The zero-order chi connectivity index (χ0) is 15.3. The van der Waals surface area contributed by atoms with E-state index in [-0.39, 0.29) is 18.8 Å². The van der Waals surface area contributed by atoms with Gasteiger partial charge in [0.1, 0.15) is 18.5 Å². The number of rotatable bonds is 7. The number of hydrogen-bond donors (Lipinski definition) is 3. The fourth-order valence-electron chi connectivity index (χ4n) is 2.98. The fourth-order valence-corrected chi connectivity index (χ4v) is 2.98. The number of nitrogens with one attached hydrogen (secondary N) is 1. The van der Waals surface area contributed by atoms with Crippen molar-refractivity contribution in [2.45, 2.75) is 51.2 Å². The predicted octanol–water partition coefficient (Wildman–Crippen LogP) is 1.94. The average molecular weight is 293 g/mol. The van der Waals surface area contributed by atoms with Crippen LogP contribution in [-0.2, 0) is 0 Å². The van der Waals surface area contributed by atoms with Crippen molar-refractivity contribution >= 4 is 0 Å². The molecule has 4 nitrogen and oxygen atoms in total. The van der Waals surface area contributed by atoms with E-state index in [1.807, 2.05) is 26.0 Å². The van der Waals surface area contributed by atoms with E-state index in [0.29, 0.717) is 6.54 Å². The number of aliphatic hydroxyl groups is 2. The third-order valence-corrected chi connectivity index (χ3v) is 4.34. The second kappa shape index (κ2) is 7.25. The summed E-state index contributed by atoms with van der Waals surface area (Å²) in [4.78, 5) is 0. The Morgan fingerprint density at radius 3 is 2.62 bits per heavy atom. The summed E-state index contributed by atoms with van der Waals surface area (Å²) < 4.78 is 5.68. The van der Waals surface area contributed by atoms with Gasteiger partial charge < -0.3 is 20.3 Å². The number of aryl methyl sites for hydroxylation is 2. The molecule has 0 aliphatic heterocycles. The maximum Gasteiger partial charge on any atom is 0.122 e. The van der Waals surface area contributed by atoms with Crippen molar-refractivity contribution in [1.29, 1.82) is 0 Å². The Kier molecular flexibility index (Phi) is 5.62. The van der Waals surface area contributed by atoms with Crippen LogP contribution in [0, 0.1) is 13.8 Å². The van der Waals surface area contributed by atoms with Crippen LogP contribution < -0.4 is 10.1 Å². The van der Waals surface area contributed by atoms with Crippen LogP contribution in [0.4, 0.5) is 0 Å². The van der Waals surface area contributed by atoms with Crippen LogP contribution >= 0.6 is 0 Å². The van der Waals surface area contributed by atoms with Crippen LogP contribution in [0.1, 0.15) is 36.8 Å². The molecule has 3 N–H and O–H groups in total. The van der Waals surface area contributed by atoms with E-state index in [1.165, 1.54) is 5.56 Å². The van der Waals surface area contributed by atoms with Gasteiger partial charge in [0.15, 0.2) is 0 Å². The maximum absolute atomic E-state index is 10.1. The van der Waals surface area contributed by atoms with E-state index in [1.54, 1.807) is 0 Å². The molecule has 2 rings (SSSR count). The largest absolute Gasteiger partial charge is 0.491 e. The van der Waals surface area contributed by atoms with Crippen molar-refractivity contribution in [3.63, 3.8) is 0 Å². The Morgan fingerprint density at radius 2 is 2.00 bits per heavy atom. The van der Waals surface area contributed by atoms with Crippen molar-refractivity contribution < 1.29 is 14.9 Å². The first-order valence-electron chi connectivity index (χ1n) is 7.79. The highest BCUT2D eigenvalue weighted by atomic mass is 16.5. The molecule has 1 unspecified atom stereocenters. The van der Waals surface area contributed by atoms with Crippen LogP contribution in [-0.4, -0.2) is 41.6 Å². The van der Waals surface area contributed by atoms with Gasteiger partial charge in [-0.05, 0) is 38.3 Å². The molecule has 4 heteroatoms. The number of β-amino-alcohol motifs (C(OH)–C–C–N with tert-alkyl or cyclic N) is 1. The van der Waals surface area contributed by atoms with Crippen LogP contribution in [0.2, 0.25) is 0 Å². The molecule has 1 aliphatic rings. The molecule has 118 valence electrons. The van der Waals surface area contributed by atoms with Gasteiger partial charge in [0, 0.05) is 12.1 Å². The third-order valence-electron chi connectivity index (χ3n) is 4.34. The first-order chi connectivity index (χ1) is 10.0. The van der Waals surface area contributed by atoms with Gasteiger partial charge in [0.2, 0.25) is 0 Å². The average Bonchev–Trinajstić information content (AvgIpc) is 2.94. The number of aliphatic hydroxyl groups excluding tert-OH is 2. The minimum atomic E-state index is -0.574. The summed E-state index contributed by atoms with van der Waals surface area (Å²) in [5.74, 6) is 0.817. The molecule has 0 spiro atoms. The second-order valence-electron chi connectivity index (χ2n) is 6.26. The number of hydrogen-bond acceptors (Lipinski definition) is 4. The van der Waals surface area contributed by atoms with Crippen LogP contribution in [0.25, 0.3) is 0 Å². The van der Waals surface area contributed by atoms with E-state index < -0.39 is 6.10 Å². The minimum Gasteiger partial charge on any atom is -0.491 e. The molecular formula is C17H27NO3. The van der Waals surface area contributed by atoms with E-state index in [2.05, 4.69) is 11.4 Å². The van der Waals surface area contributed by atoms with Crippen molar-refractivity contribution in [3.8, 4) is 5.75 Å². The van der Waals surface area contributed by atoms with Gasteiger partial charge in [-0.1, -0.05) is 30.5 Å². The lowest BCUT2D eigenvalue weighted by molar-refractivity contribution is 0.0847. The molecule has 0 radical (unpaired) electrons.